The van der Waals surface area contributed by atoms with E-state index in [1.165, 1.54) is 6.07 Å². The number of nitrogens with zero attached hydrogens (tertiary/aromatic N) is 1. The summed E-state index contributed by atoms with van der Waals surface area (Å²) in [4.78, 5) is 1.92. The number of para-hydroxylation sites is 1. The lowest BCUT2D eigenvalue weighted by Crippen LogP contribution is -2.23. The Labute approximate surface area is 117 Å². The second kappa shape index (κ2) is 5.49. The van der Waals surface area contributed by atoms with Crippen molar-refractivity contribution in [3.8, 4) is 0 Å². The van der Waals surface area contributed by atoms with E-state index in [0.29, 0.717) is 10.7 Å². The lowest BCUT2D eigenvalue weighted by atomic mass is 10.1. The Balaban J connectivity index is 2.37. The average Bonchev–Trinajstić information content (AvgIpc) is 2.41. The summed E-state index contributed by atoms with van der Waals surface area (Å²) in [6, 6.07) is 12.4. The first-order valence-corrected chi connectivity index (χ1v) is 6.41. The van der Waals surface area contributed by atoms with Crippen molar-refractivity contribution in [3.63, 3.8) is 0 Å². The number of nitrogens with two attached hydrogens (primary N) is 1. The van der Waals surface area contributed by atoms with Gasteiger partial charge < -0.3 is 10.6 Å². The Morgan fingerprint density at radius 2 is 1.84 bits per heavy atom. The van der Waals surface area contributed by atoms with E-state index in [9.17, 15) is 4.39 Å². The number of rotatable bonds is 3. The van der Waals surface area contributed by atoms with E-state index in [2.05, 4.69) is 0 Å². The number of halogens is 2. The van der Waals surface area contributed by atoms with E-state index < -0.39 is 5.82 Å². The predicted molar refractivity (Wildman–Crippen MR) is 79.1 cm³/mol. The van der Waals surface area contributed by atoms with Crippen LogP contribution in [-0.2, 0) is 0 Å². The zero-order chi connectivity index (χ0) is 14.0. The van der Waals surface area contributed by atoms with E-state index in [0.717, 1.165) is 5.56 Å². The average molecular weight is 279 g/mol. The van der Waals surface area contributed by atoms with E-state index in [1.807, 2.05) is 43.1 Å². The molecule has 1 atom stereocenters. The third-order valence-electron chi connectivity index (χ3n) is 3.35. The highest BCUT2D eigenvalue weighted by Crippen LogP contribution is 2.33. The minimum Gasteiger partial charge on any atom is -0.395 e. The lowest BCUT2D eigenvalue weighted by Gasteiger charge is -2.29. The van der Waals surface area contributed by atoms with Gasteiger partial charge in [-0.2, -0.15) is 0 Å². The molecular weight excluding hydrogens is 263 g/mol. The van der Waals surface area contributed by atoms with Gasteiger partial charge in [0.25, 0.3) is 0 Å². The molecule has 0 amide bonds. The molecule has 19 heavy (non-hydrogen) atoms. The molecular formula is C15H16ClFN2. The molecule has 0 aliphatic heterocycles. The second-order valence-corrected chi connectivity index (χ2v) is 4.89. The van der Waals surface area contributed by atoms with Gasteiger partial charge in [0.1, 0.15) is 5.82 Å². The van der Waals surface area contributed by atoms with E-state index >= 15 is 0 Å². The largest absolute Gasteiger partial charge is 0.395 e. The van der Waals surface area contributed by atoms with Gasteiger partial charge in [-0.1, -0.05) is 35.9 Å². The maximum Gasteiger partial charge on any atom is 0.148 e. The van der Waals surface area contributed by atoms with Crippen LogP contribution in [0.5, 0.6) is 0 Å². The molecule has 0 spiro atoms. The molecule has 0 fully saturated rings. The van der Waals surface area contributed by atoms with Crippen molar-refractivity contribution in [2.75, 3.05) is 17.7 Å². The quantitative estimate of drug-likeness (QED) is 0.850. The van der Waals surface area contributed by atoms with Gasteiger partial charge in [-0.3, -0.25) is 0 Å². The number of anilines is 2. The molecule has 0 aromatic heterocycles. The topological polar surface area (TPSA) is 29.3 Å². The summed E-state index contributed by atoms with van der Waals surface area (Å²) in [6.07, 6.45) is 0. The van der Waals surface area contributed by atoms with Crippen molar-refractivity contribution in [3.05, 3.63) is 58.9 Å². The van der Waals surface area contributed by atoms with Gasteiger partial charge >= 0.3 is 0 Å². The molecule has 2 aromatic rings. The maximum absolute atomic E-state index is 13.5. The Morgan fingerprint density at radius 3 is 2.53 bits per heavy atom. The number of hydrogen-bond acceptors (Lipinski definition) is 2. The minimum absolute atomic E-state index is 0.00204. The molecule has 0 saturated heterocycles. The third kappa shape index (κ3) is 2.66. The Hall–Kier alpha value is -1.74. The van der Waals surface area contributed by atoms with Crippen LogP contribution in [0.1, 0.15) is 18.5 Å². The van der Waals surface area contributed by atoms with Crippen LogP contribution in [0.2, 0.25) is 5.02 Å². The normalized spacial score (nSPS) is 12.2. The number of benzene rings is 2. The fourth-order valence-electron chi connectivity index (χ4n) is 2.06. The van der Waals surface area contributed by atoms with E-state index in [1.54, 1.807) is 12.1 Å². The highest BCUT2D eigenvalue weighted by molar-refractivity contribution is 6.31. The molecule has 0 aliphatic carbocycles. The SMILES string of the molecule is CC(c1ccccc1Cl)N(C)c1cccc(F)c1N. The van der Waals surface area contributed by atoms with Crippen molar-refractivity contribution in [2.45, 2.75) is 13.0 Å². The van der Waals surface area contributed by atoms with Gasteiger partial charge in [-0.05, 0) is 30.7 Å². The van der Waals surface area contributed by atoms with Crippen LogP contribution < -0.4 is 10.6 Å². The first-order valence-electron chi connectivity index (χ1n) is 6.03. The fraction of sp³-hybridized carbons (Fsp3) is 0.200. The van der Waals surface area contributed by atoms with Gasteiger partial charge in [0.05, 0.1) is 17.4 Å². The summed E-state index contributed by atoms with van der Waals surface area (Å²) in [6.45, 7) is 2.01. The van der Waals surface area contributed by atoms with Crippen LogP contribution in [0.4, 0.5) is 15.8 Å². The number of nitrogen functional groups attached to an aromatic ring is 1. The van der Waals surface area contributed by atoms with Crippen LogP contribution in [0.25, 0.3) is 0 Å². The highest BCUT2D eigenvalue weighted by Gasteiger charge is 2.17. The van der Waals surface area contributed by atoms with Crippen LogP contribution in [0.15, 0.2) is 42.5 Å². The molecule has 0 bridgehead atoms. The first kappa shape index (κ1) is 13.7. The second-order valence-electron chi connectivity index (χ2n) is 4.48. The molecule has 100 valence electrons. The lowest BCUT2D eigenvalue weighted by molar-refractivity contribution is 0.630. The molecule has 2 nitrogen and oxygen atoms in total. The molecule has 4 heteroatoms. The summed E-state index contributed by atoms with van der Waals surface area (Å²) in [5, 5.41) is 0.692. The van der Waals surface area contributed by atoms with E-state index in [4.69, 9.17) is 17.3 Å². The molecule has 0 heterocycles. The van der Waals surface area contributed by atoms with Crippen molar-refractivity contribution in [1.82, 2.24) is 0 Å². The van der Waals surface area contributed by atoms with Crippen LogP contribution in [-0.4, -0.2) is 7.05 Å². The number of hydrogen-bond donors (Lipinski definition) is 1. The van der Waals surface area contributed by atoms with Gasteiger partial charge in [0, 0.05) is 12.1 Å². The standard InChI is InChI=1S/C15H16ClFN2/c1-10(11-6-3-4-7-12(11)16)19(2)14-9-5-8-13(17)15(14)18/h3-10H,18H2,1-2H3. The van der Waals surface area contributed by atoms with Gasteiger partial charge in [0.2, 0.25) is 0 Å². The van der Waals surface area contributed by atoms with Crippen molar-refractivity contribution in [2.24, 2.45) is 0 Å². The molecule has 2 rings (SSSR count). The molecule has 0 saturated carbocycles. The maximum atomic E-state index is 13.5. The summed E-state index contributed by atoms with van der Waals surface area (Å²) >= 11 is 6.19. The molecule has 2 N–H and O–H groups in total. The zero-order valence-corrected chi connectivity index (χ0v) is 11.7. The van der Waals surface area contributed by atoms with Gasteiger partial charge in [0.15, 0.2) is 0 Å². The highest BCUT2D eigenvalue weighted by atomic mass is 35.5. The predicted octanol–water partition coefficient (Wildman–Crippen LogP) is 4.26. The monoisotopic (exact) mass is 278 g/mol. The Kier molecular flexibility index (Phi) is 3.96. The Morgan fingerprint density at radius 1 is 1.16 bits per heavy atom. The minimum atomic E-state index is -0.407. The van der Waals surface area contributed by atoms with Gasteiger partial charge in [-0.15, -0.1) is 0 Å². The zero-order valence-electron chi connectivity index (χ0n) is 10.9. The van der Waals surface area contributed by atoms with Gasteiger partial charge in [-0.25, -0.2) is 4.39 Å². The van der Waals surface area contributed by atoms with Crippen LogP contribution >= 0.6 is 11.6 Å². The fourth-order valence-corrected chi connectivity index (χ4v) is 2.36. The van der Waals surface area contributed by atoms with Crippen molar-refractivity contribution >= 4 is 23.0 Å². The van der Waals surface area contributed by atoms with Crippen LogP contribution in [0.3, 0.4) is 0 Å². The van der Waals surface area contributed by atoms with Crippen LogP contribution in [0, 0.1) is 5.82 Å². The summed E-state index contributed by atoms with van der Waals surface area (Å²) in [5.41, 5.74) is 7.59. The summed E-state index contributed by atoms with van der Waals surface area (Å²) < 4.78 is 13.5. The summed E-state index contributed by atoms with van der Waals surface area (Å²) in [7, 11) is 1.87. The molecule has 0 radical (unpaired) electrons. The smallest absolute Gasteiger partial charge is 0.148 e. The third-order valence-corrected chi connectivity index (χ3v) is 3.69. The molecule has 1 unspecified atom stereocenters. The molecule has 2 aromatic carbocycles. The summed E-state index contributed by atoms with van der Waals surface area (Å²) in [5.74, 6) is -0.407. The molecule has 0 aliphatic rings. The van der Waals surface area contributed by atoms with E-state index in [-0.39, 0.29) is 11.7 Å². The van der Waals surface area contributed by atoms with Crippen molar-refractivity contribution < 1.29 is 4.39 Å². The van der Waals surface area contributed by atoms with Crippen molar-refractivity contribution in [1.29, 1.82) is 0 Å². The Bertz CT molecular complexity index is 586. The first-order chi connectivity index (χ1) is 9.02.